The van der Waals surface area contributed by atoms with Crippen molar-refractivity contribution in [2.75, 3.05) is 14.1 Å². The zero-order valence-corrected chi connectivity index (χ0v) is 20.2. The second-order valence-electron chi connectivity index (χ2n) is 8.97. The SMILES string of the molecule is CN(C)C1=N[C@H]2[C@H](O[C@H](C(CCc3ccccc3)(OCc3ccccc3)C(F)(F)F)C(O)[C@@H]2O)S1. The van der Waals surface area contributed by atoms with Gasteiger partial charge in [0, 0.05) is 14.1 Å². The van der Waals surface area contributed by atoms with Gasteiger partial charge in [0.25, 0.3) is 0 Å². The molecule has 0 aromatic heterocycles. The van der Waals surface area contributed by atoms with Crippen LogP contribution in [0.15, 0.2) is 65.7 Å². The zero-order chi connectivity index (χ0) is 25.2. The molecule has 2 aliphatic heterocycles. The Kier molecular flexibility index (Phi) is 7.77. The summed E-state index contributed by atoms with van der Waals surface area (Å²) in [5.74, 6) is 0. The molecule has 2 N–H and O–H groups in total. The Hall–Kier alpha value is -2.11. The Bertz CT molecular complexity index is 963. The molecule has 10 heteroatoms. The number of ether oxygens (including phenoxy) is 2. The molecule has 190 valence electrons. The van der Waals surface area contributed by atoms with Crippen molar-refractivity contribution < 1.29 is 32.9 Å². The molecule has 35 heavy (non-hydrogen) atoms. The highest BCUT2D eigenvalue weighted by molar-refractivity contribution is 8.14. The molecule has 0 spiro atoms. The first kappa shape index (κ1) is 26.0. The highest BCUT2D eigenvalue weighted by Crippen LogP contribution is 2.48. The molecule has 0 bridgehead atoms. The van der Waals surface area contributed by atoms with Crippen LogP contribution >= 0.6 is 11.8 Å². The predicted octanol–water partition coefficient (Wildman–Crippen LogP) is 3.62. The summed E-state index contributed by atoms with van der Waals surface area (Å²) in [7, 11) is 3.48. The van der Waals surface area contributed by atoms with Gasteiger partial charge in [-0.2, -0.15) is 13.2 Å². The minimum atomic E-state index is -4.90. The van der Waals surface area contributed by atoms with Crippen LogP contribution in [-0.2, 0) is 22.5 Å². The molecule has 6 nitrogen and oxygen atoms in total. The largest absolute Gasteiger partial charge is 0.420 e. The zero-order valence-electron chi connectivity index (χ0n) is 19.4. The van der Waals surface area contributed by atoms with Crippen molar-refractivity contribution >= 4 is 16.9 Å². The van der Waals surface area contributed by atoms with Crippen molar-refractivity contribution in [3.8, 4) is 0 Å². The average molecular weight is 511 g/mol. The van der Waals surface area contributed by atoms with Crippen molar-refractivity contribution in [3.63, 3.8) is 0 Å². The number of hydrogen-bond acceptors (Lipinski definition) is 7. The van der Waals surface area contributed by atoms with E-state index in [0.29, 0.717) is 16.3 Å². The molecule has 0 amide bonds. The van der Waals surface area contributed by atoms with Crippen LogP contribution in [0, 0.1) is 0 Å². The summed E-state index contributed by atoms with van der Waals surface area (Å²) in [6, 6.07) is 16.4. The Morgan fingerprint density at radius 1 is 0.971 bits per heavy atom. The molecule has 1 fully saturated rings. The van der Waals surface area contributed by atoms with E-state index in [0.717, 1.165) is 11.8 Å². The van der Waals surface area contributed by atoms with E-state index in [1.807, 2.05) is 0 Å². The lowest BCUT2D eigenvalue weighted by molar-refractivity contribution is -0.343. The van der Waals surface area contributed by atoms with Gasteiger partial charge in [0.1, 0.15) is 29.8 Å². The van der Waals surface area contributed by atoms with E-state index >= 15 is 0 Å². The number of aryl methyl sites for hydroxylation is 1. The first-order chi connectivity index (χ1) is 16.6. The number of amidine groups is 1. The van der Waals surface area contributed by atoms with Crippen molar-refractivity contribution in [1.29, 1.82) is 0 Å². The summed E-state index contributed by atoms with van der Waals surface area (Å²) in [6.45, 7) is -0.335. The van der Waals surface area contributed by atoms with E-state index < -0.39 is 48.0 Å². The molecule has 2 heterocycles. The van der Waals surface area contributed by atoms with Gasteiger partial charge >= 0.3 is 6.18 Å². The third kappa shape index (κ3) is 5.36. The molecule has 2 aromatic carbocycles. The van der Waals surface area contributed by atoms with Gasteiger partial charge in [0.05, 0.1) is 6.61 Å². The van der Waals surface area contributed by atoms with Gasteiger partial charge in [0.15, 0.2) is 10.8 Å². The Balaban J connectivity index is 1.69. The number of nitrogens with zero attached hydrogens (tertiary/aromatic N) is 2. The van der Waals surface area contributed by atoms with Crippen molar-refractivity contribution in [1.82, 2.24) is 4.90 Å². The first-order valence-electron chi connectivity index (χ1n) is 11.3. The Morgan fingerprint density at radius 3 is 2.14 bits per heavy atom. The second-order valence-corrected chi connectivity index (χ2v) is 10.0. The van der Waals surface area contributed by atoms with Crippen molar-refractivity contribution in [2.45, 2.75) is 61.0 Å². The monoisotopic (exact) mass is 510 g/mol. The number of fused-ring (bicyclic) bond motifs is 1. The summed E-state index contributed by atoms with van der Waals surface area (Å²) < 4.78 is 56.5. The number of aliphatic imine (C=N–C) groups is 1. The fourth-order valence-electron chi connectivity index (χ4n) is 4.39. The summed E-state index contributed by atoms with van der Waals surface area (Å²) in [5, 5.41) is 22.3. The average Bonchev–Trinajstić information content (AvgIpc) is 3.27. The summed E-state index contributed by atoms with van der Waals surface area (Å²) >= 11 is 1.13. The van der Waals surface area contributed by atoms with Crippen molar-refractivity contribution in [2.24, 2.45) is 4.99 Å². The summed E-state index contributed by atoms with van der Waals surface area (Å²) in [4.78, 5) is 6.05. The van der Waals surface area contributed by atoms with Crippen LogP contribution in [0.4, 0.5) is 13.2 Å². The van der Waals surface area contributed by atoms with E-state index in [1.54, 1.807) is 79.7 Å². The molecular weight excluding hydrogens is 481 g/mol. The number of thioether (sulfide) groups is 1. The van der Waals surface area contributed by atoms with E-state index in [1.165, 1.54) is 0 Å². The van der Waals surface area contributed by atoms with Gasteiger partial charge in [-0.25, -0.2) is 0 Å². The standard InChI is InChI=1S/C25H29F3N2O4S/c1-30(2)23-29-18-19(31)20(32)21(34-22(18)35-23)24(25(26,27)28,14-13-16-9-5-3-6-10-16)33-15-17-11-7-4-8-12-17/h3-12,18-22,31-32H,13-15H2,1-2H3/t18-,19-,20?,21+,22-,24?/m1/s1. The van der Waals surface area contributed by atoms with Gasteiger partial charge in [-0.15, -0.1) is 0 Å². The second kappa shape index (κ2) is 10.5. The lowest BCUT2D eigenvalue weighted by Gasteiger charge is -2.48. The highest BCUT2D eigenvalue weighted by atomic mass is 32.2. The van der Waals surface area contributed by atoms with Gasteiger partial charge in [-0.1, -0.05) is 72.4 Å². The molecule has 6 atom stereocenters. The molecule has 1 saturated heterocycles. The van der Waals surface area contributed by atoms with Gasteiger partial charge in [-0.3, -0.25) is 4.99 Å². The maximum absolute atomic E-state index is 15.0. The molecular formula is C25H29F3N2O4S. The molecule has 2 aromatic rings. The quantitative estimate of drug-likeness (QED) is 0.593. The Labute approximate surface area is 206 Å². The summed E-state index contributed by atoms with van der Waals surface area (Å²) in [6.07, 6.45) is -10.6. The fraction of sp³-hybridized carbons (Fsp3) is 0.480. The van der Waals surface area contributed by atoms with Gasteiger partial charge in [0.2, 0.25) is 0 Å². The number of aliphatic hydroxyl groups excluding tert-OH is 2. The van der Waals surface area contributed by atoms with E-state index in [2.05, 4.69) is 4.99 Å². The van der Waals surface area contributed by atoms with E-state index in [-0.39, 0.29) is 13.0 Å². The normalized spacial score (nSPS) is 28.2. The number of rotatable bonds is 7. The Morgan fingerprint density at radius 2 is 1.57 bits per heavy atom. The van der Waals surface area contributed by atoms with Crippen LogP contribution in [0.2, 0.25) is 0 Å². The third-order valence-corrected chi connectivity index (χ3v) is 7.64. The van der Waals surface area contributed by atoms with Crippen LogP contribution in [0.5, 0.6) is 0 Å². The number of hydrogen-bond donors (Lipinski definition) is 2. The van der Waals surface area contributed by atoms with Crippen LogP contribution < -0.4 is 0 Å². The smallest absolute Gasteiger partial charge is 0.388 e. The van der Waals surface area contributed by atoms with Crippen LogP contribution in [0.1, 0.15) is 17.5 Å². The lowest BCUT2D eigenvalue weighted by atomic mass is 9.81. The van der Waals surface area contributed by atoms with Crippen LogP contribution in [-0.4, -0.2) is 75.9 Å². The number of halogens is 3. The minimum absolute atomic E-state index is 0.0402. The van der Waals surface area contributed by atoms with E-state index in [4.69, 9.17) is 9.47 Å². The molecule has 0 aliphatic carbocycles. The number of benzene rings is 2. The highest BCUT2D eigenvalue weighted by Gasteiger charge is 2.66. The topological polar surface area (TPSA) is 74.5 Å². The van der Waals surface area contributed by atoms with Crippen LogP contribution in [0.3, 0.4) is 0 Å². The number of alkyl halides is 3. The van der Waals surface area contributed by atoms with Crippen LogP contribution in [0.25, 0.3) is 0 Å². The van der Waals surface area contributed by atoms with Crippen molar-refractivity contribution in [3.05, 3.63) is 71.8 Å². The minimum Gasteiger partial charge on any atom is -0.388 e. The molecule has 2 aliphatic rings. The third-order valence-electron chi connectivity index (χ3n) is 6.34. The van der Waals surface area contributed by atoms with Gasteiger partial charge in [-0.05, 0) is 24.0 Å². The lowest BCUT2D eigenvalue weighted by Crippen LogP contribution is -2.68. The molecule has 0 saturated carbocycles. The fourth-order valence-corrected chi connectivity index (χ4v) is 5.53. The number of aliphatic hydroxyl groups is 2. The molecule has 2 unspecified atom stereocenters. The van der Waals surface area contributed by atoms with Gasteiger partial charge < -0.3 is 24.6 Å². The maximum atomic E-state index is 15.0. The summed E-state index contributed by atoms with van der Waals surface area (Å²) in [5.41, 5.74) is -2.50. The first-order valence-corrected chi connectivity index (χ1v) is 12.2. The van der Waals surface area contributed by atoms with E-state index in [9.17, 15) is 23.4 Å². The molecule has 0 radical (unpaired) electrons. The predicted molar refractivity (Wildman–Crippen MR) is 128 cm³/mol. The maximum Gasteiger partial charge on any atom is 0.420 e. The molecule has 4 rings (SSSR count).